The summed E-state index contributed by atoms with van der Waals surface area (Å²) in [5.41, 5.74) is 0.721. The van der Waals surface area contributed by atoms with E-state index >= 15 is 0 Å². The Morgan fingerprint density at radius 1 is 1.39 bits per heavy atom. The smallest absolute Gasteiger partial charge is 0.309 e. The number of carboxylic acid groups (broad SMARTS) is 1. The standard InChI is InChI=1S/C12H13BrN2O3/c13-9-1-3-10(4-2-9)15-7-8(12(17)18)5-14-6-11(15)16/h1-4,8,14H,5-7H2,(H,17,18). The van der Waals surface area contributed by atoms with E-state index in [0.29, 0.717) is 6.54 Å². The van der Waals surface area contributed by atoms with E-state index in [0.717, 1.165) is 10.2 Å². The lowest BCUT2D eigenvalue weighted by molar-refractivity contribution is -0.141. The molecule has 1 heterocycles. The predicted molar refractivity (Wildman–Crippen MR) is 70.5 cm³/mol. The van der Waals surface area contributed by atoms with Gasteiger partial charge in [-0.05, 0) is 24.3 Å². The maximum atomic E-state index is 11.9. The van der Waals surface area contributed by atoms with E-state index in [2.05, 4.69) is 21.2 Å². The zero-order chi connectivity index (χ0) is 13.1. The second-order valence-corrected chi connectivity index (χ2v) is 5.06. The molecule has 5 nitrogen and oxygen atoms in total. The maximum Gasteiger partial charge on any atom is 0.309 e. The number of rotatable bonds is 2. The van der Waals surface area contributed by atoms with Crippen LogP contribution in [0.1, 0.15) is 0 Å². The number of aliphatic carboxylic acids is 1. The van der Waals surface area contributed by atoms with Crippen LogP contribution >= 0.6 is 15.9 Å². The number of hydrogen-bond donors (Lipinski definition) is 2. The Morgan fingerprint density at radius 2 is 2.06 bits per heavy atom. The predicted octanol–water partition coefficient (Wildman–Crippen LogP) is 1.09. The number of amides is 1. The molecular weight excluding hydrogens is 300 g/mol. The molecule has 1 atom stereocenters. The highest BCUT2D eigenvalue weighted by molar-refractivity contribution is 9.10. The molecule has 96 valence electrons. The first kappa shape index (κ1) is 13.0. The molecule has 1 aromatic rings. The Hall–Kier alpha value is -1.40. The van der Waals surface area contributed by atoms with E-state index < -0.39 is 11.9 Å². The van der Waals surface area contributed by atoms with E-state index in [4.69, 9.17) is 5.11 Å². The lowest BCUT2D eigenvalue weighted by Gasteiger charge is -2.22. The molecule has 0 saturated carbocycles. The minimum Gasteiger partial charge on any atom is -0.481 e. The van der Waals surface area contributed by atoms with Crippen LogP contribution in [0, 0.1) is 5.92 Å². The van der Waals surface area contributed by atoms with Crippen molar-refractivity contribution in [3.05, 3.63) is 28.7 Å². The third kappa shape index (κ3) is 2.88. The maximum absolute atomic E-state index is 11.9. The van der Waals surface area contributed by atoms with Gasteiger partial charge < -0.3 is 15.3 Å². The molecule has 1 fully saturated rings. The third-order valence-corrected chi connectivity index (χ3v) is 3.39. The normalized spacial score (nSPS) is 20.6. The van der Waals surface area contributed by atoms with Crippen LogP contribution in [0.25, 0.3) is 0 Å². The van der Waals surface area contributed by atoms with Gasteiger partial charge in [0.2, 0.25) is 5.91 Å². The van der Waals surface area contributed by atoms with Crippen LogP contribution < -0.4 is 10.2 Å². The van der Waals surface area contributed by atoms with E-state index in [-0.39, 0.29) is 19.0 Å². The summed E-state index contributed by atoms with van der Waals surface area (Å²) in [6.45, 7) is 0.677. The number of nitrogens with one attached hydrogen (secondary N) is 1. The molecule has 0 bridgehead atoms. The number of anilines is 1. The van der Waals surface area contributed by atoms with Gasteiger partial charge in [0.1, 0.15) is 0 Å². The van der Waals surface area contributed by atoms with Crippen LogP contribution in [-0.4, -0.2) is 36.6 Å². The average Bonchev–Trinajstić information content (AvgIpc) is 2.52. The fourth-order valence-electron chi connectivity index (χ4n) is 1.87. The molecule has 1 amide bonds. The first-order valence-electron chi connectivity index (χ1n) is 5.57. The molecule has 18 heavy (non-hydrogen) atoms. The first-order chi connectivity index (χ1) is 8.58. The average molecular weight is 313 g/mol. The molecule has 2 N–H and O–H groups in total. The van der Waals surface area contributed by atoms with Crippen molar-refractivity contribution in [2.45, 2.75) is 0 Å². The van der Waals surface area contributed by atoms with Crippen LogP contribution in [-0.2, 0) is 9.59 Å². The fourth-order valence-corrected chi connectivity index (χ4v) is 2.14. The quantitative estimate of drug-likeness (QED) is 0.857. The highest BCUT2D eigenvalue weighted by atomic mass is 79.9. The zero-order valence-corrected chi connectivity index (χ0v) is 11.2. The third-order valence-electron chi connectivity index (χ3n) is 2.86. The first-order valence-corrected chi connectivity index (χ1v) is 6.36. The monoisotopic (exact) mass is 312 g/mol. The molecule has 0 aromatic heterocycles. The van der Waals surface area contributed by atoms with Gasteiger partial charge >= 0.3 is 5.97 Å². The van der Waals surface area contributed by atoms with Crippen molar-refractivity contribution in [3.63, 3.8) is 0 Å². The van der Waals surface area contributed by atoms with Crippen LogP contribution in [0.4, 0.5) is 5.69 Å². The molecule has 1 aliphatic rings. The van der Waals surface area contributed by atoms with Gasteiger partial charge in [0.05, 0.1) is 12.5 Å². The Morgan fingerprint density at radius 3 is 2.67 bits per heavy atom. The molecule has 6 heteroatoms. The fraction of sp³-hybridized carbons (Fsp3) is 0.333. The van der Waals surface area contributed by atoms with Crippen LogP contribution in [0.3, 0.4) is 0 Å². The SMILES string of the molecule is O=C(O)C1CNCC(=O)N(c2ccc(Br)cc2)C1. The number of benzene rings is 1. The molecule has 1 aliphatic heterocycles. The Labute approximate surface area is 113 Å². The van der Waals surface area contributed by atoms with Crippen molar-refractivity contribution in [1.29, 1.82) is 0 Å². The van der Waals surface area contributed by atoms with Crippen molar-refractivity contribution in [3.8, 4) is 0 Å². The second kappa shape index (κ2) is 5.49. The van der Waals surface area contributed by atoms with Crippen molar-refractivity contribution < 1.29 is 14.7 Å². The largest absolute Gasteiger partial charge is 0.481 e. The van der Waals surface area contributed by atoms with E-state index in [9.17, 15) is 9.59 Å². The summed E-state index contributed by atoms with van der Waals surface area (Å²) >= 11 is 3.33. The number of carbonyl (C=O) groups excluding carboxylic acids is 1. The summed E-state index contributed by atoms with van der Waals surface area (Å²) in [7, 11) is 0. The molecule has 0 spiro atoms. The van der Waals surface area contributed by atoms with Crippen molar-refractivity contribution >= 4 is 33.5 Å². The van der Waals surface area contributed by atoms with Crippen molar-refractivity contribution in [2.75, 3.05) is 24.5 Å². The van der Waals surface area contributed by atoms with Crippen LogP contribution in [0.15, 0.2) is 28.7 Å². The number of halogens is 1. The Bertz CT molecular complexity index is 461. The lowest BCUT2D eigenvalue weighted by Crippen LogP contribution is -2.37. The summed E-state index contributed by atoms with van der Waals surface area (Å²) in [5.74, 6) is -1.58. The molecule has 1 unspecified atom stereocenters. The summed E-state index contributed by atoms with van der Waals surface area (Å²) in [6.07, 6.45) is 0. The summed E-state index contributed by atoms with van der Waals surface area (Å²) in [5, 5.41) is 11.9. The van der Waals surface area contributed by atoms with E-state index in [1.165, 1.54) is 4.90 Å². The summed E-state index contributed by atoms with van der Waals surface area (Å²) in [4.78, 5) is 24.5. The van der Waals surface area contributed by atoms with Crippen LogP contribution in [0.2, 0.25) is 0 Å². The minimum atomic E-state index is -0.890. The summed E-state index contributed by atoms with van der Waals surface area (Å²) in [6, 6.07) is 7.26. The lowest BCUT2D eigenvalue weighted by atomic mass is 10.1. The van der Waals surface area contributed by atoms with Gasteiger partial charge in [0, 0.05) is 23.2 Å². The van der Waals surface area contributed by atoms with Gasteiger partial charge in [-0.3, -0.25) is 9.59 Å². The highest BCUT2D eigenvalue weighted by Gasteiger charge is 2.28. The number of hydrogen-bond acceptors (Lipinski definition) is 3. The van der Waals surface area contributed by atoms with Gasteiger partial charge in [-0.2, -0.15) is 0 Å². The van der Waals surface area contributed by atoms with Gasteiger partial charge in [-0.25, -0.2) is 0 Å². The Balaban J connectivity index is 2.24. The number of nitrogens with zero attached hydrogens (tertiary/aromatic N) is 1. The highest BCUT2D eigenvalue weighted by Crippen LogP contribution is 2.20. The molecule has 1 aromatic carbocycles. The minimum absolute atomic E-state index is 0.110. The van der Waals surface area contributed by atoms with Gasteiger partial charge in [0.15, 0.2) is 0 Å². The van der Waals surface area contributed by atoms with E-state index in [1.807, 2.05) is 12.1 Å². The van der Waals surface area contributed by atoms with Crippen LogP contribution in [0.5, 0.6) is 0 Å². The molecular formula is C12H13BrN2O3. The van der Waals surface area contributed by atoms with Gasteiger partial charge in [-0.15, -0.1) is 0 Å². The molecule has 0 radical (unpaired) electrons. The zero-order valence-electron chi connectivity index (χ0n) is 9.60. The van der Waals surface area contributed by atoms with E-state index in [1.54, 1.807) is 12.1 Å². The number of carbonyl (C=O) groups is 2. The van der Waals surface area contributed by atoms with Gasteiger partial charge in [0.25, 0.3) is 0 Å². The molecule has 0 aliphatic carbocycles. The topological polar surface area (TPSA) is 69.6 Å². The Kier molecular flexibility index (Phi) is 3.98. The van der Waals surface area contributed by atoms with Gasteiger partial charge in [-0.1, -0.05) is 15.9 Å². The molecule has 1 saturated heterocycles. The molecule has 2 rings (SSSR count). The van der Waals surface area contributed by atoms with Crippen molar-refractivity contribution in [2.24, 2.45) is 5.92 Å². The number of carboxylic acids is 1. The van der Waals surface area contributed by atoms with Crippen molar-refractivity contribution in [1.82, 2.24) is 5.32 Å². The summed E-state index contributed by atoms with van der Waals surface area (Å²) < 4.78 is 0.918. The second-order valence-electron chi connectivity index (χ2n) is 4.15.